The summed E-state index contributed by atoms with van der Waals surface area (Å²) in [6.07, 6.45) is 1.77. The Morgan fingerprint density at radius 1 is 1.28 bits per heavy atom. The second kappa shape index (κ2) is 8.59. The van der Waals surface area contributed by atoms with Crippen molar-refractivity contribution in [3.8, 4) is 5.88 Å². The largest absolute Gasteiger partial charge is 0.478 e. The molecule has 3 N–H and O–H groups in total. The summed E-state index contributed by atoms with van der Waals surface area (Å²) in [5, 5.41) is 9.33. The number of allylic oxidation sites excluding steroid dienone is 1. The van der Waals surface area contributed by atoms with E-state index in [2.05, 4.69) is 20.5 Å². The molecular formula is C20H22N4O5. The number of nitrogens with zero attached hydrogens (tertiary/aromatic N) is 1. The smallest absolute Gasteiger partial charge is 0.328 e. The number of carbonyl (C=O) groups excluding carboxylic acids is 2. The van der Waals surface area contributed by atoms with E-state index in [1.54, 1.807) is 6.08 Å². The normalized spacial score (nSPS) is 14.9. The number of rotatable bonds is 7. The van der Waals surface area contributed by atoms with E-state index in [0.717, 1.165) is 5.22 Å². The lowest BCUT2D eigenvalue weighted by Crippen LogP contribution is -2.41. The number of para-hydroxylation sites is 1. The van der Waals surface area contributed by atoms with Crippen LogP contribution < -0.4 is 26.2 Å². The Morgan fingerprint density at radius 3 is 2.72 bits per heavy atom. The molecule has 0 saturated heterocycles. The van der Waals surface area contributed by atoms with Crippen molar-refractivity contribution in [2.24, 2.45) is 4.99 Å². The molecule has 9 nitrogen and oxygen atoms in total. The lowest BCUT2D eigenvalue weighted by atomic mass is 10.0. The van der Waals surface area contributed by atoms with E-state index >= 15 is 0 Å². The van der Waals surface area contributed by atoms with Gasteiger partial charge in [-0.1, -0.05) is 18.2 Å². The van der Waals surface area contributed by atoms with Crippen LogP contribution in [0.5, 0.6) is 5.88 Å². The predicted molar refractivity (Wildman–Crippen MR) is 105 cm³/mol. The highest BCUT2D eigenvalue weighted by molar-refractivity contribution is 5.86. The van der Waals surface area contributed by atoms with E-state index in [9.17, 15) is 14.4 Å². The highest BCUT2D eigenvalue weighted by atomic mass is 16.5. The molecule has 1 aromatic heterocycles. The number of H-pyrrole nitrogens is 2. The number of hydrogen-bond donors (Lipinski definition) is 3. The number of hydrogen-bond acceptors (Lipinski definition) is 6. The van der Waals surface area contributed by atoms with Gasteiger partial charge in [0.25, 0.3) is 5.56 Å². The van der Waals surface area contributed by atoms with Gasteiger partial charge >= 0.3 is 5.97 Å². The number of carbonyl (C=O) groups is 2. The molecule has 1 unspecified atom stereocenters. The minimum Gasteiger partial charge on any atom is -0.478 e. The quantitative estimate of drug-likeness (QED) is 0.566. The van der Waals surface area contributed by atoms with E-state index in [0.29, 0.717) is 34.7 Å². The summed E-state index contributed by atoms with van der Waals surface area (Å²) in [5.74, 6) is -0.608. The number of ether oxygens (including phenoxy) is 2. The van der Waals surface area contributed by atoms with E-state index in [4.69, 9.17) is 9.47 Å². The predicted octanol–water partition coefficient (Wildman–Crippen LogP) is -0.00550. The molecule has 0 fully saturated rings. The van der Waals surface area contributed by atoms with Crippen LogP contribution in [-0.2, 0) is 14.3 Å². The van der Waals surface area contributed by atoms with Crippen molar-refractivity contribution in [1.29, 1.82) is 0 Å². The van der Waals surface area contributed by atoms with Crippen LogP contribution in [0.2, 0.25) is 0 Å². The number of aromatic amines is 2. The monoisotopic (exact) mass is 398 g/mol. The minimum atomic E-state index is -0.881. The maximum Gasteiger partial charge on any atom is 0.328 e. The lowest BCUT2D eigenvalue weighted by Gasteiger charge is -2.16. The summed E-state index contributed by atoms with van der Waals surface area (Å²) in [7, 11) is 1.26. The molecule has 1 amide bonds. The fraction of sp³-hybridized carbons (Fsp3) is 0.300. The van der Waals surface area contributed by atoms with Gasteiger partial charge in [-0.25, -0.2) is 9.79 Å². The van der Waals surface area contributed by atoms with Gasteiger partial charge in [0.05, 0.1) is 24.8 Å². The Bertz CT molecular complexity index is 1140. The first-order valence-corrected chi connectivity index (χ1v) is 9.12. The van der Waals surface area contributed by atoms with Gasteiger partial charge in [-0.15, -0.1) is 0 Å². The first-order chi connectivity index (χ1) is 13.9. The molecule has 0 radical (unpaired) electrons. The number of nitrogens with one attached hydrogen (secondary N) is 3. The highest BCUT2D eigenvalue weighted by Crippen LogP contribution is 2.24. The Morgan fingerprint density at radius 2 is 2.03 bits per heavy atom. The number of amides is 1. The standard InChI is InChI=1S/C20H22N4O5/c1-4-29-19-14(18(26)23-24-19)10-16-13(12-7-5-6-8-15(12)22-16)9-17(20(27)28-3)21-11(2)25/h5-8,10,17H,4,9H2,1-3H3,(H,21,25)(H2,23,24,26). The van der Waals surface area contributed by atoms with E-state index in [1.807, 2.05) is 31.2 Å². The molecule has 1 aliphatic rings. The molecule has 152 valence electrons. The number of esters is 1. The van der Waals surface area contributed by atoms with Gasteiger partial charge in [0, 0.05) is 18.6 Å². The van der Waals surface area contributed by atoms with Crippen LogP contribution >= 0.6 is 0 Å². The summed E-state index contributed by atoms with van der Waals surface area (Å²) in [4.78, 5) is 40.6. The van der Waals surface area contributed by atoms with Gasteiger partial charge in [-0.2, -0.15) is 0 Å². The zero-order chi connectivity index (χ0) is 21.0. The van der Waals surface area contributed by atoms with E-state index in [1.165, 1.54) is 14.0 Å². The zero-order valence-electron chi connectivity index (χ0n) is 16.4. The molecule has 0 bridgehead atoms. The van der Waals surface area contributed by atoms with Gasteiger partial charge in [0.15, 0.2) is 0 Å². The zero-order valence-corrected chi connectivity index (χ0v) is 16.4. The van der Waals surface area contributed by atoms with Crippen molar-refractivity contribution < 1.29 is 19.1 Å². The number of benzene rings is 1. The minimum absolute atomic E-state index is 0.158. The van der Waals surface area contributed by atoms with Crippen molar-refractivity contribution >= 4 is 23.5 Å². The number of aromatic nitrogens is 2. The lowest BCUT2D eigenvalue weighted by molar-refractivity contribution is -0.144. The first kappa shape index (κ1) is 20.1. The molecule has 29 heavy (non-hydrogen) atoms. The van der Waals surface area contributed by atoms with Gasteiger partial charge in [-0.05, 0) is 24.6 Å². The van der Waals surface area contributed by atoms with Crippen LogP contribution in [0.15, 0.2) is 39.7 Å². The van der Waals surface area contributed by atoms with Crippen LogP contribution in [0.3, 0.4) is 0 Å². The first-order valence-electron chi connectivity index (χ1n) is 9.12. The van der Waals surface area contributed by atoms with Crippen LogP contribution in [-0.4, -0.2) is 41.8 Å². The van der Waals surface area contributed by atoms with Crippen LogP contribution in [0.1, 0.15) is 25.8 Å². The highest BCUT2D eigenvalue weighted by Gasteiger charge is 2.26. The average Bonchev–Trinajstić information content (AvgIpc) is 3.22. The molecule has 3 rings (SSSR count). The Labute approximate surface area is 166 Å². The molecule has 0 spiro atoms. The maximum absolute atomic E-state index is 12.2. The molecule has 2 aromatic rings. The third-order valence-corrected chi connectivity index (χ3v) is 4.40. The van der Waals surface area contributed by atoms with Crippen molar-refractivity contribution in [1.82, 2.24) is 15.5 Å². The van der Waals surface area contributed by atoms with Gasteiger partial charge in [-0.3, -0.25) is 19.8 Å². The van der Waals surface area contributed by atoms with Crippen LogP contribution in [0, 0.1) is 0 Å². The topological polar surface area (TPSA) is 126 Å². The Kier molecular flexibility index (Phi) is 5.96. The van der Waals surface area contributed by atoms with Crippen LogP contribution in [0.4, 0.5) is 0 Å². The Hall–Kier alpha value is -3.62. The summed E-state index contributed by atoms with van der Waals surface area (Å²) in [5.41, 5.74) is 1.17. The second-order valence-electron chi connectivity index (χ2n) is 6.37. The van der Waals surface area contributed by atoms with E-state index < -0.39 is 12.0 Å². The third kappa shape index (κ3) is 4.29. The molecule has 1 atom stereocenters. The van der Waals surface area contributed by atoms with Gasteiger partial charge in [0.2, 0.25) is 11.8 Å². The second-order valence-corrected chi connectivity index (χ2v) is 6.37. The van der Waals surface area contributed by atoms with E-state index in [-0.39, 0.29) is 17.9 Å². The summed E-state index contributed by atoms with van der Waals surface area (Å²) in [6.45, 7) is 3.52. The molecule has 0 aliphatic carbocycles. The average molecular weight is 398 g/mol. The van der Waals surface area contributed by atoms with Crippen molar-refractivity contribution in [2.45, 2.75) is 26.3 Å². The number of fused-ring (bicyclic) bond motifs is 1. The van der Waals surface area contributed by atoms with Crippen molar-refractivity contribution in [2.75, 3.05) is 13.7 Å². The van der Waals surface area contributed by atoms with Gasteiger partial charge < -0.3 is 14.8 Å². The summed E-state index contributed by atoms with van der Waals surface area (Å²) >= 11 is 0. The molecular weight excluding hydrogens is 376 g/mol. The molecule has 9 heteroatoms. The van der Waals surface area contributed by atoms with Gasteiger partial charge in [0.1, 0.15) is 11.6 Å². The summed E-state index contributed by atoms with van der Waals surface area (Å²) < 4.78 is 10.3. The maximum atomic E-state index is 12.2. The fourth-order valence-corrected chi connectivity index (χ4v) is 3.16. The molecule has 1 aliphatic heterocycles. The fourth-order valence-electron chi connectivity index (χ4n) is 3.16. The Balaban J connectivity index is 2.10. The third-order valence-electron chi connectivity index (χ3n) is 4.40. The molecule has 2 heterocycles. The SMILES string of the molecule is CCOc1[nH][nH]c(=O)c1C=C1N=c2ccccc2=C1CC(NC(C)=O)C(=O)OC. The van der Waals surface area contributed by atoms with Crippen molar-refractivity contribution in [3.05, 3.63) is 56.5 Å². The van der Waals surface area contributed by atoms with Crippen LogP contribution in [0.25, 0.3) is 11.6 Å². The van der Waals surface area contributed by atoms with Crippen molar-refractivity contribution in [3.63, 3.8) is 0 Å². The summed E-state index contributed by atoms with van der Waals surface area (Å²) in [6, 6.07) is 6.54. The molecule has 1 aromatic carbocycles. The number of methoxy groups -OCH3 is 1. The molecule has 0 saturated carbocycles.